The van der Waals surface area contributed by atoms with Crippen molar-refractivity contribution < 1.29 is 13.2 Å². The van der Waals surface area contributed by atoms with E-state index in [0.29, 0.717) is 36.7 Å². The molecule has 2 fully saturated rings. The van der Waals surface area contributed by atoms with Crippen LogP contribution in [0.3, 0.4) is 0 Å². The Kier molecular flexibility index (Phi) is 5.22. The Balaban J connectivity index is 1.68. The maximum Gasteiger partial charge on any atom is 0.152 e. The van der Waals surface area contributed by atoms with Gasteiger partial charge < -0.3 is 10.1 Å². The lowest BCUT2D eigenvalue weighted by molar-refractivity contribution is 0.0241. The summed E-state index contributed by atoms with van der Waals surface area (Å²) in [4.78, 5) is 2.23. The Morgan fingerprint density at radius 2 is 1.84 bits per heavy atom. The van der Waals surface area contributed by atoms with Crippen LogP contribution in [0.15, 0.2) is 0 Å². The molecule has 5 nitrogen and oxygen atoms in total. The van der Waals surface area contributed by atoms with E-state index in [2.05, 4.69) is 24.1 Å². The van der Waals surface area contributed by atoms with Gasteiger partial charge >= 0.3 is 0 Å². The van der Waals surface area contributed by atoms with Crippen molar-refractivity contribution in [3.63, 3.8) is 0 Å². The molecule has 2 saturated heterocycles. The second kappa shape index (κ2) is 6.52. The van der Waals surface area contributed by atoms with Crippen molar-refractivity contribution in [3.05, 3.63) is 0 Å². The van der Waals surface area contributed by atoms with Crippen LogP contribution in [-0.4, -0.2) is 69.3 Å². The summed E-state index contributed by atoms with van der Waals surface area (Å²) in [5.41, 5.74) is 0. The SMILES string of the molecule is CC(C)NCC1CCC(CN2CCS(=O)(=O)CC2)O1. The molecule has 0 aromatic carbocycles. The molecule has 2 atom stereocenters. The highest BCUT2D eigenvalue weighted by Gasteiger charge is 2.29. The van der Waals surface area contributed by atoms with Gasteiger partial charge in [0.15, 0.2) is 9.84 Å². The molecule has 0 saturated carbocycles. The quantitative estimate of drug-likeness (QED) is 0.787. The van der Waals surface area contributed by atoms with E-state index in [4.69, 9.17) is 4.74 Å². The standard InChI is InChI=1S/C13H26N2O3S/c1-11(2)14-9-12-3-4-13(18-12)10-15-5-7-19(16,17)8-6-15/h11-14H,3-10H2,1-2H3. The highest BCUT2D eigenvalue weighted by Crippen LogP contribution is 2.20. The Hall–Kier alpha value is -0.170. The molecule has 0 spiro atoms. The molecule has 6 heteroatoms. The van der Waals surface area contributed by atoms with Gasteiger partial charge in [-0.1, -0.05) is 13.8 Å². The van der Waals surface area contributed by atoms with Crippen molar-refractivity contribution in [1.29, 1.82) is 0 Å². The molecule has 1 N–H and O–H groups in total. The van der Waals surface area contributed by atoms with Gasteiger partial charge in [-0.3, -0.25) is 4.90 Å². The van der Waals surface area contributed by atoms with Crippen LogP contribution in [0.4, 0.5) is 0 Å². The highest BCUT2D eigenvalue weighted by atomic mass is 32.2. The molecule has 2 heterocycles. The molecule has 2 unspecified atom stereocenters. The average Bonchev–Trinajstić information content (AvgIpc) is 2.77. The molecule has 0 bridgehead atoms. The Morgan fingerprint density at radius 1 is 1.21 bits per heavy atom. The lowest BCUT2D eigenvalue weighted by Crippen LogP contribution is -2.44. The third-order valence-corrected chi connectivity index (χ3v) is 5.46. The number of ether oxygens (including phenoxy) is 1. The summed E-state index contributed by atoms with van der Waals surface area (Å²) >= 11 is 0. The Bertz CT molecular complexity index is 369. The summed E-state index contributed by atoms with van der Waals surface area (Å²) in [6.07, 6.45) is 2.80. The fourth-order valence-electron chi connectivity index (χ4n) is 2.65. The van der Waals surface area contributed by atoms with Crippen molar-refractivity contribution in [3.8, 4) is 0 Å². The van der Waals surface area contributed by atoms with E-state index in [1.807, 2.05) is 0 Å². The van der Waals surface area contributed by atoms with Crippen molar-refractivity contribution in [2.45, 2.75) is 44.9 Å². The van der Waals surface area contributed by atoms with E-state index in [-0.39, 0.29) is 6.10 Å². The van der Waals surface area contributed by atoms with E-state index in [0.717, 1.165) is 25.9 Å². The number of rotatable bonds is 5. The molecule has 0 aromatic rings. The molecule has 0 radical (unpaired) electrons. The minimum Gasteiger partial charge on any atom is -0.372 e. The second-order valence-electron chi connectivity index (χ2n) is 5.97. The fraction of sp³-hybridized carbons (Fsp3) is 1.00. The van der Waals surface area contributed by atoms with Crippen LogP contribution in [0.25, 0.3) is 0 Å². The lowest BCUT2D eigenvalue weighted by atomic mass is 10.2. The molecule has 0 aliphatic carbocycles. The van der Waals surface area contributed by atoms with Gasteiger partial charge in [-0.15, -0.1) is 0 Å². The summed E-state index contributed by atoms with van der Waals surface area (Å²) in [7, 11) is -2.77. The zero-order valence-corrected chi connectivity index (χ0v) is 12.8. The average molecular weight is 290 g/mol. The molecule has 0 aromatic heterocycles. The zero-order valence-electron chi connectivity index (χ0n) is 12.0. The molecule has 0 amide bonds. The van der Waals surface area contributed by atoms with Crippen LogP contribution in [-0.2, 0) is 14.6 Å². The predicted molar refractivity (Wildman–Crippen MR) is 76.1 cm³/mol. The van der Waals surface area contributed by atoms with Crippen molar-refractivity contribution in [1.82, 2.24) is 10.2 Å². The number of hydrogen-bond acceptors (Lipinski definition) is 5. The van der Waals surface area contributed by atoms with Crippen molar-refractivity contribution >= 4 is 9.84 Å². The van der Waals surface area contributed by atoms with Crippen LogP contribution in [0.5, 0.6) is 0 Å². The molecule has 112 valence electrons. The summed E-state index contributed by atoms with van der Waals surface area (Å²) in [6.45, 7) is 7.41. The number of sulfone groups is 1. The van der Waals surface area contributed by atoms with Crippen molar-refractivity contribution in [2.24, 2.45) is 0 Å². The molecular formula is C13H26N2O3S. The van der Waals surface area contributed by atoms with Crippen LogP contribution in [0.1, 0.15) is 26.7 Å². The minimum absolute atomic E-state index is 0.278. The summed E-state index contributed by atoms with van der Waals surface area (Å²) in [5.74, 6) is 0.607. The van der Waals surface area contributed by atoms with Gasteiger partial charge in [0, 0.05) is 32.2 Å². The summed E-state index contributed by atoms with van der Waals surface area (Å²) in [6, 6.07) is 0.495. The minimum atomic E-state index is -2.77. The van der Waals surface area contributed by atoms with Gasteiger partial charge in [0.05, 0.1) is 23.7 Å². The second-order valence-corrected chi connectivity index (χ2v) is 8.28. The first-order valence-electron chi connectivity index (χ1n) is 7.26. The molecule has 2 aliphatic rings. The number of nitrogens with zero attached hydrogens (tertiary/aromatic N) is 1. The summed E-state index contributed by atoms with van der Waals surface area (Å²) < 4.78 is 28.7. The van der Waals surface area contributed by atoms with Gasteiger partial charge in [0.25, 0.3) is 0 Å². The van der Waals surface area contributed by atoms with Gasteiger partial charge in [-0.25, -0.2) is 8.42 Å². The first-order valence-corrected chi connectivity index (χ1v) is 9.08. The molecule has 19 heavy (non-hydrogen) atoms. The van der Waals surface area contributed by atoms with E-state index < -0.39 is 9.84 Å². The predicted octanol–water partition coefficient (Wildman–Crippen LogP) is 0.262. The normalized spacial score (nSPS) is 31.9. The highest BCUT2D eigenvalue weighted by molar-refractivity contribution is 7.91. The smallest absolute Gasteiger partial charge is 0.152 e. The Labute approximate surface area is 116 Å². The summed E-state index contributed by atoms with van der Waals surface area (Å²) in [5, 5.41) is 3.40. The van der Waals surface area contributed by atoms with Crippen LogP contribution >= 0.6 is 0 Å². The van der Waals surface area contributed by atoms with Gasteiger partial charge in [0.2, 0.25) is 0 Å². The fourth-order valence-corrected chi connectivity index (χ4v) is 3.93. The molecule has 2 rings (SSSR count). The third kappa shape index (κ3) is 5.02. The van der Waals surface area contributed by atoms with Gasteiger partial charge in [-0.2, -0.15) is 0 Å². The molecule has 2 aliphatic heterocycles. The lowest BCUT2D eigenvalue weighted by Gasteiger charge is -2.28. The monoisotopic (exact) mass is 290 g/mol. The number of hydrogen-bond donors (Lipinski definition) is 1. The van der Waals surface area contributed by atoms with Crippen LogP contribution < -0.4 is 5.32 Å². The van der Waals surface area contributed by atoms with Crippen LogP contribution in [0.2, 0.25) is 0 Å². The first-order chi connectivity index (χ1) is 8.94. The first kappa shape index (κ1) is 15.2. The third-order valence-electron chi connectivity index (χ3n) is 3.85. The van der Waals surface area contributed by atoms with Gasteiger partial charge in [0.1, 0.15) is 0 Å². The van der Waals surface area contributed by atoms with Crippen molar-refractivity contribution in [2.75, 3.05) is 37.7 Å². The molecular weight excluding hydrogens is 264 g/mol. The topological polar surface area (TPSA) is 58.6 Å². The Morgan fingerprint density at radius 3 is 2.47 bits per heavy atom. The largest absolute Gasteiger partial charge is 0.372 e. The number of nitrogens with one attached hydrogen (secondary N) is 1. The zero-order chi connectivity index (χ0) is 13.9. The van der Waals surface area contributed by atoms with E-state index >= 15 is 0 Å². The van der Waals surface area contributed by atoms with E-state index in [9.17, 15) is 8.42 Å². The maximum atomic E-state index is 11.4. The maximum absolute atomic E-state index is 11.4. The van der Waals surface area contributed by atoms with Crippen LogP contribution in [0, 0.1) is 0 Å². The van der Waals surface area contributed by atoms with Gasteiger partial charge in [-0.05, 0) is 12.8 Å². The van der Waals surface area contributed by atoms with E-state index in [1.165, 1.54) is 0 Å². The van der Waals surface area contributed by atoms with E-state index in [1.54, 1.807) is 0 Å².